The summed E-state index contributed by atoms with van der Waals surface area (Å²) in [6.45, 7) is 0.949. The van der Waals surface area contributed by atoms with Crippen molar-refractivity contribution in [3.05, 3.63) is 47.3 Å². The molecule has 60 valence electrons. The molecule has 1 aliphatic carbocycles. The molecule has 0 bridgehead atoms. The van der Waals surface area contributed by atoms with Crippen molar-refractivity contribution >= 4 is 0 Å². The van der Waals surface area contributed by atoms with Crippen LogP contribution in [-0.4, -0.2) is 11.6 Å². The van der Waals surface area contributed by atoms with E-state index in [0.29, 0.717) is 0 Å². The van der Waals surface area contributed by atoms with E-state index in [-0.39, 0.29) is 0 Å². The SMILES string of the molecule is C1=CC2=C(C=CN3NCC=C23)C1. The molecule has 0 atom stereocenters. The third kappa shape index (κ3) is 0.676. The fourth-order valence-corrected chi connectivity index (χ4v) is 1.89. The standard InChI is InChI=1S/C10H10N2/c1-2-8-5-7-12-10(4-6-11-12)9(8)3-1/h1,3-5,7,11H,2,6H2. The van der Waals surface area contributed by atoms with E-state index >= 15 is 0 Å². The van der Waals surface area contributed by atoms with Gasteiger partial charge in [-0.25, -0.2) is 5.43 Å². The second-order valence-electron chi connectivity index (χ2n) is 3.18. The van der Waals surface area contributed by atoms with Crippen molar-refractivity contribution in [2.24, 2.45) is 0 Å². The van der Waals surface area contributed by atoms with Crippen molar-refractivity contribution < 1.29 is 0 Å². The largest absolute Gasteiger partial charge is 0.284 e. The highest BCUT2D eigenvalue weighted by molar-refractivity contribution is 5.54. The second kappa shape index (κ2) is 2.11. The maximum atomic E-state index is 3.26. The fraction of sp³-hybridized carbons (Fsp3) is 0.200. The number of hydrogen-bond acceptors (Lipinski definition) is 2. The monoisotopic (exact) mass is 158 g/mol. The zero-order chi connectivity index (χ0) is 7.97. The molecule has 0 saturated carbocycles. The van der Waals surface area contributed by atoms with E-state index in [4.69, 9.17) is 0 Å². The van der Waals surface area contributed by atoms with Crippen LogP contribution in [0, 0.1) is 0 Å². The highest BCUT2D eigenvalue weighted by Crippen LogP contribution is 2.32. The molecule has 0 saturated heterocycles. The maximum Gasteiger partial charge on any atom is 0.0619 e. The summed E-state index contributed by atoms with van der Waals surface area (Å²) in [6, 6.07) is 0. The Morgan fingerprint density at radius 3 is 3.33 bits per heavy atom. The van der Waals surface area contributed by atoms with Crippen molar-refractivity contribution in [3.8, 4) is 0 Å². The van der Waals surface area contributed by atoms with E-state index < -0.39 is 0 Å². The van der Waals surface area contributed by atoms with Crippen LogP contribution in [0.4, 0.5) is 0 Å². The van der Waals surface area contributed by atoms with Gasteiger partial charge in [-0.05, 0) is 24.1 Å². The van der Waals surface area contributed by atoms with Crippen LogP contribution in [0.1, 0.15) is 6.42 Å². The maximum absolute atomic E-state index is 3.26. The van der Waals surface area contributed by atoms with E-state index in [9.17, 15) is 0 Å². The van der Waals surface area contributed by atoms with Gasteiger partial charge in [-0.15, -0.1) is 0 Å². The van der Waals surface area contributed by atoms with Crippen LogP contribution in [0.3, 0.4) is 0 Å². The molecule has 2 nitrogen and oxygen atoms in total. The second-order valence-corrected chi connectivity index (χ2v) is 3.18. The summed E-state index contributed by atoms with van der Waals surface area (Å²) < 4.78 is 0. The summed E-state index contributed by atoms with van der Waals surface area (Å²) in [5.74, 6) is 0. The van der Waals surface area contributed by atoms with Gasteiger partial charge in [-0.1, -0.05) is 12.2 Å². The molecule has 0 fully saturated rings. The summed E-state index contributed by atoms with van der Waals surface area (Å²) in [5, 5.41) is 2.09. The third-order valence-electron chi connectivity index (χ3n) is 2.49. The van der Waals surface area contributed by atoms with E-state index in [1.807, 2.05) is 0 Å². The lowest BCUT2D eigenvalue weighted by Crippen LogP contribution is -2.28. The summed E-state index contributed by atoms with van der Waals surface area (Å²) in [4.78, 5) is 0. The zero-order valence-electron chi connectivity index (χ0n) is 6.75. The number of nitrogens with zero attached hydrogens (tertiary/aromatic N) is 1. The molecule has 0 unspecified atom stereocenters. The van der Waals surface area contributed by atoms with Crippen LogP contribution >= 0.6 is 0 Å². The van der Waals surface area contributed by atoms with Crippen molar-refractivity contribution in [2.45, 2.75) is 6.42 Å². The van der Waals surface area contributed by atoms with E-state index in [1.54, 1.807) is 0 Å². The number of nitrogens with one attached hydrogen (secondary N) is 1. The Morgan fingerprint density at radius 1 is 1.33 bits per heavy atom. The van der Waals surface area contributed by atoms with Gasteiger partial charge in [-0.2, -0.15) is 0 Å². The Balaban J connectivity index is 2.14. The molecule has 3 aliphatic rings. The minimum Gasteiger partial charge on any atom is -0.284 e. The van der Waals surface area contributed by atoms with Crippen LogP contribution in [-0.2, 0) is 0 Å². The van der Waals surface area contributed by atoms with Crippen LogP contribution < -0.4 is 5.43 Å². The van der Waals surface area contributed by atoms with Crippen molar-refractivity contribution in [1.82, 2.24) is 10.4 Å². The van der Waals surface area contributed by atoms with E-state index in [2.05, 4.69) is 40.9 Å². The molecule has 0 aromatic heterocycles. The lowest BCUT2D eigenvalue weighted by Gasteiger charge is -2.22. The quantitative estimate of drug-likeness (QED) is 0.574. The van der Waals surface area contributed by atoms with Crippen LogP contribution in [0.15, 0.2) is 47.3 Å². The lowest BCUT2D eigenvalue weighted by molar-refractivity contribution is 0.391. The highest BCUT2D eigenvalue weighted by atomic mass is 15.5. The predicted molar refractivity (Wildman–Crippen MR) is 47.8 cm³/mol. The van der Waals surface area contributed by atoms with Crippen molar-refractivity contribution in [1.29, 1.82) is 0 Å². The van der Waals surface area contributed by atoms with Gasteiger partial charge < -0.3 is 0 Å². The molecular weight excluding hydrogens is 148 g/mol. The first-order chi connectivity index (χ1) is 5.95. The Bertz CT molecular complexity index is 345. The Kier molecular flexibility index (Phi) is 1.10. The number of fused-ring (bicyclic) bond motifs is 2. The fourth-order valence-electron chi connectivity index (χ4n) is 1.89. The summed E-state index contributed by atoms with van der Waals surface area (Å²) >= 11 is 0. The predicted octanol–water partition coefficient (Wildman–Crippen LogP) is 1.47. The molecule has 0 radical (unpaired) electrons. The van der Waals surface area contributed by atoms with Crippen molar-refractivity contribution in [3.63, 3.8) is 0 Å². The van der Waals surface area contributed by atoms with Crippen LogP contribution in [0.25, 0.3) is 0 Å². The Labute approximate surface area is 71.5 Å². The van der Waals surface area contributed by atoms with E-state index in [1.165, 1.54) is 16.8 Å². The first kappa shape index (κ1) is 6.26. The zero-order valence-corrected chi connectivity index (χ0v) is 6.75. The topological polar surface area (TPSA) is 15.3 Å². The molecule has 0 aromatic rings. The summed E-state index contributed by atoms with van der Waals surface area (Å²) in [6.07, 6.45) is 12.0. The molecule has 3 rings (SSSR count). The Morgan fingerprint density at radius 2 is 2.33 bits per heavy atom. The van der Waals surface area contributed by atoms with Gasteiger partial charge in [0.25, 0.3) is 0 Å². The minimum atomic E-state index is 0.949. The van der Waals surface area contributed by atoms with E-state index in [0.717, 1.165) is 13.0 Å². The molecule has 2 aliphatic heterocycles. The van der Waals surface area contributed by atoms with Gasteiger partial charge in [0, 0.05) is 18.3 Å². The van der Waals surface area contributed by atoms with Gasteiger partial charge >= 0.3 is 0 Å². The number of hydrogen-bond donors (Lipinski definition) is 1. The molecule has 2 heterocycles. The van der Waals surface area contributed by atoms with Gasteiger partial charge in [0.2, 0.25) is 0 Å². The Hall–Kier alpha value is -1.28. The molecule has 2 heteroatoms. The third-order valence-corrected chi connectivity index (χ3v) is 2.49. The summed E-state index contributed by atoms with van der Waals surface area (Å²) in [5.41, 5.74) is 7.41. The average molecular weight is 158 g/mol. The number of hydrazine groups is 1. The average Bonchev–Trinajstić information content (AvgIpc) is 2.71. The van der Waals surface area contributed by atoms with Gasteiger partial charge in [-0.3, -0.25) is 5.01 Å². The molecular formula is C10H10N2. The van der Waals surface area contributed by atoms with Crippen LogP contribution in [0.2, 0.25) is 0 Å². The number of rotatable bonds is 0. The number of allylic oxidation sites excluding steroid dienone is 4. The van der Waals surface area contributed by atoms with Gasteiger partial charge in [0.05, 0.1) is 5.70 Å². The molecule has 12 heavy (non-hydrogen) atoms. The lowest BCUT2D eigenvalue weighted by atomic mass is 10.1. The molecule has 0 amide bonds. The van der Waals surface area contributed by atoms with Gasteiger partial charge in [0.1, 0.15) is 0 Å². The normalized spacial score (nSPS) is 24.7. The van der Waals surface area contributed by atoms with Gasteiger partial charge in [0.15, 0.2) is 0 Å². The minimum absolute atomic E-state index is 0.949. The summed E-state index contributed by atoms with van der Waals surface area (Å²) in [7, 11) is 0. The highest BCUT2D eigenvalue weighted by Gasteiger charge is 2.22. The first-order valence-corrected chi connectivity index (χ1v) is 4.26. The smallest absolute Gasteiger partial charge is 0.0619 e. The molecule has 1 N–H and O–H groups in total. The molecule has 0 aromatic carbocycles. The van der Waals surface area contributed by atoms with Crippen molar-refractivity contribution in [2.75, 3.05) is 6.54 Å². The van der Waals surface area contributed by atoms with Crippen LogP contribution in [0.5, 0.6) is 0 Å². The molecule has 0 spiro atoms. The first-order valence-electron chi connectivity index (χ1n) is 4.26.